The highest BCUT2D eigenvalue weighted by Crippen LogP contribution is 2.27. The lowest BCUT2D eigenvalue weighted by Gasteiger charge is -2.23. The number of aryl methyl sites for hydroxylation is 1. The van der Waals surface area contributed by atoms with Gasteiger partial charge in [-0.25, -0.2) is 15.0 Å². The average Bonchev–Trinajstić information content (AvgIpc) is 3.36. The lowest BCUT2D eigenvalue weighted by Crippen LogP contribution is -2.23. The van der Waals surface area contributed by atoms with Gasteiger partial charge in [0.05, 0.1) is 27.5 Å². The number of amides is 2. The van der Waals surface area contributed by atoms with Crippen molar-refractivity contribution in [3.63, 3.8) is 0 Å². The number of carbonyl (C=O) groups excluding carboxylic acids is 2. The number of nitrogens with one attached hydrogen (secondary N) is 1. The minimum absolute atomic E-state index is 0.190. The first-order chi connectivity index (χ1) is 16.9. The number of hydrogen-bond acceptors (Lipinski definition) is 6. The maximum atomic E-state index is 12.8. The minimum atomic E-state index is -0.559. The Morgan fingerprint density at radius 2 is 1.83 bits per heavy atom. The quantitative estimate of drug-likeness (QED) is 0.341. The number of halogens is 2. The van der Waals surface area contributed by atoms with Crippen molar-refractivity contribution >= 4 is 52.3 Å². The fourth-order valence-electron chi connectivity index (χ4n) is 3.42. The second-order valence-corrected chi connectivity index (χ2v) is 8.34. The molecule has 0 saturated heterocycles. The first-order valence-electron chi connectivity index (χ1n) is 10.6. The Bertz CT molecular complexity index is 1310. The Balaban J connectivity index is 1.59. The van der Waals surface area contributed by atoms with Crippen LogP contribution in [0.4, 0.5) is 17.3 Å². The summed E-state index contributed by atoms with van der Waals surface area (Å²) in [5.41, 5.74) is 6.35. The predicted octanol–water partition coefficient (Wildman–Crippen LogP) is 4.56. The smallest absolute Gasteiger partial charge is 0.258 e. The number of benzene rings is 1. The van der Waals surface area contributed by atoms with Crippen LogP contribution in [-0.4, -0.2) is 37.9 Å². The summed E-state index contributed by atoms with van der Waals surface area (Å²) in [6, 6.07) is 11.6. The lowest BCUT2D eigenvalue weighted by atomic mass is 10.2. The molecule has 0 spiro atoms. The van der Waals surface area contributed by atoms with Gasteiger partial charge >= 0.3 is 0 Å². The van der Waals surface area contributed by atoms with Crippen LogP contribution in [-0.2, 0) is 6.54 Å². The number of nitrogens with two attached hydrogens (primary N) is 1. The van der Waals surface area contributed by atoms with Crippen LogP contribution in [0.5, 0.6) is 0 Å². The van der Waals surface area contributed by atoms with Gasteiger partial charge in [-0.1, -0.05) is 29.3 Å². The monoisotopic (exact) mass is 509 g/mol. The summed E-state index contributed by atoms with van der Waals surface area (Å²) in [6.45, 7) is 1.29. The van der Waals surface area contributed by atoms with Crippen molar-refractivity contribution in [2.24, 2.45) is 5.73 Å². The van der Waals surface area contributed by atoms with Gasteiger partial charge in [-0.05, 0) is 36.8 Å². The summed E-state index contributed by atoms with van der Waals surface area (Å²) in [5.74, 6) is 0.133. The maximum absolute atomic E-state index is 12.8. The van der Waals surface area contributed by atoms with Gasteiger partial charge in [-0.15, -0.1) is 0 Å². The normalized spacial score (nSPS) is 10.7. The third-order valence-corrected chi connectivity index (χ3v) is 5.77. The van der Waals surface area contributed by atoms with E-state index in [0.717, 1.165) is 13.0 Å². The number of pyridine rings is 2. The van der Waals surface area contributed by atoms with E-state index in [9.17, 15) is 9.59 Å². The lowest BCUT2D eigenvalue weighted by molar-refractivity contribution is 0.0997. The molecular weight excluding hydrogens is 489 g/mol. The molecule has 4 aromatic rings. The van der Waals surface area contributed by atoms with Gasteiger partial charge in [0.25, 0.3) is 5.91 Å². The van der Waals surface area contributed by atoms with Crippen molar-refractivity contribution in [3.8, 4) is 0 Å². The van der Waals surface area contributed by atoms with Crippen molar-refractivity contribution in [3.05, 3.63) is 94.8 Å². The van der Waals surface area contributed by atoms with Gasteiger partial charge in [-0.2, -0.15) is 0 Å². The van der Waals surface area contributed by atoms with Gasteiger partial charge in [0.2, 0.25) is 5.91 Å². The molecule has 0 bridgehead atoms. The SMILES string of the molecule is NC(=O)c1ccc(N(CCCn2ccnc2)c2cc(NC(=O)c3c(Cl)cccc3Cl)ccn2)nc1. The first-order valence-corrected chi connectivity index (χ1v) is 11.4. The molecule has 0 fully saturated rings. The summed E-state index contributed by atoms with van der Waals surface area (Å²) in [7, 11) is 0. The number of imidazole rings is 1. The molecule has 0 aliphatic heterocycles. The van der Waals surface area contributed by atoms with Crippen molar-refractivity contribution in [1.82, 2.24) is 19.5 Å². The molecule has 0 aliphatic carbocycles. The Hall–Kier alpha value is -3.95. The Labute approximate surface area is 211 Å². The van der Waals surface area contributed by atoms with E-state index in [4.69, 9.17) is 28.9 Å². The second-order valence-electron chi connectivity index (χ2n) is 7.53. The van der Waals surface area contributed by atoms with Crippen molar-refractivity contribution < 1.29 is 9.59 Å². The third-order valence-electron chi connectivity index (χ3n) is 5.14. The third kappa shape index (κ3) is 5.95. The zero-order valence-electron chi connectivity index (χ0n) is 18.4. The number of aromatic nitrogens is 4. The van der Waals surface area contributed by atoms with Crippen molar-refractivity contribution in [2.75, 3.05) is 16.8 Å². The highest BCUT2D eigenvalue weighted by molar-refractivity contribution is 6.40. The summed E-state index contributed by atoms with van der Waals surface area (Å²) < 4.78 is 1.97. The van der Waals surface area contributed by atoms with E-state index in [1.54, 1.807) is 61.2 Å². The molecule has 4 rings (SSSR count). The molecule has 0 atom stereocenters. The molecule has 0 aliphatic rings. The number of carbonyl (C=O) groups is 2. The van der Waals surface area contributed by atoms with Crippen molar-refractivity contribution in [1.29, 1.82) is 0 Å². The van der Waals surface area contributed by atoms with E-state index in [1.807, 2.05) is 15.7 Å². The van der Waals surface area contributed by atoms with Gasteiger partial charge in [0.15, 0.2) is 0 Å². The number of primary amides is 1. The van der Waals surface area contributed by atoms with E-state index in [0.29, 0.717) is 29.4 Å². The number of rotatable bonds is 9. The summed E-state index contributed by atoms with van der Waals surface area (Å²) in [4.78, 5) is 39.1. The molecule has 11 heteroatoms. The van der Waals surface area contributed by atoms with Crippen LogP contribution in [0.1, 0.15) is 27.1 Å². The fraction of sp³-hybridized carbons (Fsp3) is 0.125. The van der Waals surface area contributed by atoms with Crippen LogP contribution in [0.2, 0.25) is 10.0 Å². The van der Waals surface area contributed by atoms with E-state index >= 15 is 0 Å². The summed E-state index contributed by atoms with van der Waals surface area (Å²) >= 11 is 12.3. The molecule has 9 nitrogen and oxygen atoms in total. The molecule has 2 amide bonds. The number of nitrogens with zero attached hydrogens (tertiary/aromatic N) is 5. The van der Waals surface area contributed by atoms with Crippen LogP contribution >= 0.6 is 23.2 Å². The van der Waals surface area contributed by atoms with Gasteiger partial charge in [0, 0.05) is 49.6 Å². The molecule has 0 saturated carbocycles. The fourth-order valence-corrected chi connectivity index (χ4v) is 3.99. The topological polar surface area (TPSA) is 119 Å². The van der Waals surface area contributed by atoms with E-state index in [2.05, 4.69) is 20.3 Å². The van der Waals surface area contributed by atoms with Crippen LogP contribution in [0, 0.1) is 0 Å². The zero-order valence-corrected chi connectivity index (χ0v) is 19.9. The van der Waals surface area contributed by atoms with E-state index in [1.165, 1.54) is 6.20 Å². The first kappa shape index (κ1) is 24.2. The molecule has 0 unspecified atom stereocenters. The van der Waals surface area contributed by atoms with E-state index < -0.39 is 11.8 Å². The van der Waals surface area contributed by atoms with Crippen LogP contribution < -0.4 is 16.0 Å². The van der Waals surface area contributed by atoms with Gasteiger partial charge in [0.1, 0.15) is 11.6 Å². The van der Waals surface area contributed by atoms with E-state index in [-0.39, 0.29) is 15.6 Å². The molecule has 35 heavy (non-hydrogen) atoms. The molecule has 3 N–H and O–H groups in total. The van der Waals surface area contributed by atoms with Gasteiger partial charge < -0.3 is 20.5 Å². The minimum Gasteiger partial charge on any atom is -0.366 e. The summed E-state index contributed by atoms with van der Waals surface area (Å²) in [6.07, 6.45) is 9.12. The van der Waals surface area contributed by atoms with Crippen LogP contribution in [0.15, 0.2) is 73.6 Å². The summed E-state index contributed by atoms with van der Waals surface area (Å²) in [5, 5.41) is 3.33. The Morgan fingerprint density at radius 3 is 2.49 bits per heavy atom. The average molecular weight is 510 g/mol. The maximum Gasteiger partial charge on any atom is 0.258 e. The second kappa shape index (κ2) is 11.0. The standard InChI is InChI=1S/C24H21Cl2N7O2/c25-18-3-1-4-19(26)22(18)24(35)31-17-7-8-29-21(13-17)33(11-2-10-32-12-9-28-15-32)20-6-5-16(14-30-20)23(27)34/h1,3-9,12-15H,2,10-11H2,(H2,27,34)(H,29,31,35). The molecule has 3 aromatic heterocycles. The van der Waals surface area contributed by atoms with Crippen LogP contribution in [0.3, 0.4) is 0 Å². The molecule has 3 heterocycles. The largest absolute Gasteiger partial charge is 0.366 e. The molecular formula is C24H21Cl2N7O2. The highest BCUT2D eigenvalue weighted by atomic mass is 35.5. The number of anilines is 3. The van der Waals surface area contributed by atoms with Crippen LogP contribution in [0.25, 0.3) is 0 Å². The zero-order chi connectivity index (χ0) is 24.8. The van der Waals surface area contributed by atoms with Gasteiger partial charge in [-0.3, -0.25) is 9.59 Å². The molecule has 178 valence electrons. The molecule has 0 radical (unpaired) electrons. The highest BCUT2D eigenvalue weighted by Gasteiger charge is 2.17. The number of hydrogen-bond donors (Lipinski definition) is 2. The van der Waals surface area contributed by atoms with Crippen molar-refractivity contribution in [2.45, 2.75) is 13.0 Å². The Kier molecular flexibility index (Phi) is 7.59. The predicted molar refractivity (Wildman–Crippen MR) is 135 cm³/mol. The molecule has 1 aromatic carbocycles. The Morgan fingerprint density at radius 1 is 1.03 bits per heavy atom.